The number of carboxylic acid groups (broad SMARTS) is 1. The van der Waals surface area contributed by atoms with Crippen LogP contribution in [0.1, 0.15) is 48.0 Å². The Labute approximate surface area is 215 Å². The lowest BCUT2D eigenvalue weighted by atomic mass is 10.0. The van der Waals surface area contributed by atoms with Crippen LogP contribution in [0.25, 0.3) is 0 Å². The second-order valence-electron chi connectivity index (χ2n) is 8.67. The number of nitrogens with two attached hydrogens (primary N) is 2. The van der Waals surface area contributed by atoms with Gasteiger partial charge in [-0.3, -0.25) is 29.4 Å². The van der Waals surface area contributed by atoms with E-state index in [0.717, 1.165) is 6.42 Å². The maximum Gasteiger partial charge on any atom is 0.323 e. The van der Waals surface area contributed by atoms with E-state index in [1.54, 1.807) is 0 Å². The summed E-state index contributed by atoms with van der Waals surface area (Å²) in [5.41, 5.74) is 11.6. The highest BCUT2D eigenvalue weighted by Gasteiger charge is 2.37. The summed E-state index contributed by atoms with van der Waals surface area (Å²) in [4.78, 5) is 64.0. The Morgan fingerprint density at radius 3 is 2.32 bits per heavy atom. The summed E-state index contributed by atoms with van der Waals surface area (Å²) in [7, 11) is 0. The van der Waals surface area contributed by atoms with Crippen LogP contribution in [-0.2, 0) is 19.2 Å². The number of hydrogen-bond donors (Lipinski definition) is 6. The summed E-state index contributed by atoms with van der Waals surface area (Å²) in [6.07, 6.45) is 2.42. The summed E-state index contributed by atoms with van der Waals surface area (Å²) >= 11 is 0. The molecule has 1 aliphatic rings. The molecule has 0 aromatic heterocycles. The van der Waals surface area contributed by atoms with Gasteiger partial charge in [-0.25, -0.2) is 0 Å². The van der Waals surface area contributed by atoms with Crippen LogP contribution < -0.4 is 22.1 Å². The van der Waals surface area contributed by atoms with Crippen LogP contribution in [0.3, 0.4) is 0 Å². The lowest BCUT2D eigenvalue weighted by Gasteiger charge is -2.40. The van der Waals surface area contributed by atoms with Crippen molar-refractivity contribution in [2.24, 2.45) is 11.5 Å². The van der Waals surface area contributed by atoms with Gasteiger partial charge in [-0.05, 0) is 44.4 Å². The molecule has 37 heavy (non-hydrogen) atoms. The molecule has 1 atom stereocenters. The Bertz CT molecular complexity index is 998. The lowest BCUT2D eigenvalue weighted by molar-refractivity contribution is -0.155. The monoisotopic (exact) mass is 517 g/mol. The molecule has 1 aliphatic heterocycles. The SMILES string of the molecule is N=C(N)c1ccc(C(=O)NCC(=O)N2CCN(CC(=O)O)C(=O)[C@@H]2CCCNC(=O)CCCCN)cc1. The molecule has 0 radical (unpaired) electrons. The van der Waals surface area contributed by atoms with Gasteiger partial charge >= 0.3 is 5.97 Å². The van der Waals surface area contributed by atoms with Crippen LogP contribution >= 0.6 is 0 Å². The first kappa shape index (κ1) is 29.2. The number of nitrogens with zero attached hydrogens (tertiary/aromatic N) is 2. The van der Waals surface area contributed by atoms with Crippen molar-refractivity contribution in [2.75, 3.05) is 39.3 Å². The molecule has 1 heterocycles. The first-order valence-electron chi connectivity index (χ1n) is 12.1. The lowest BCUT2D eigenvalue weighted by Crippen LogP contribution is -2.60. The molecule has 1 saturated heterocycles. The standard InChI is InChI=1S/C24H35N7O6/c25-10-2-1-5-19(32)28-11-3-4-18-24(37)30(15-21(34)35)12-13-31(18)20(33)14-29-23(36)17-8-6-16(7-9-17)22(26)27/h6-9,18H,1-5,10-15,25H2,(H3,26,27)(H,28,32)(H,29,36)(H,34,35)/t18-/m0/s1. The summed E-state index contributed by atoms with van der Waals surface area (Å²) in [6, 6.07) is 5.11. The van der Waals surface area contributed by atoms with E-state index in [4.69, 9.17) is 22.0 Å². The Balaban J connectivity index is 1.96. The van der Waals surface area contributed by atoms with Crippen molar-refractivity contribution >= 4 is 35.4 Å². The Morgan fingerprint density at radius 1 is 1.03 bits per heavy atom. The number of carbonyl (C=O) groups is 5. The molecule has 1 aromatic carbocycles. The number of benzene rings is 1. The molecule has 2 rings (SSSR count). The van der Waals surface area contributed by atoms with Gasteiger partial charge in [0.25, 0.3) is 5.91 Å². The number of nitrogen functional groups attached to an aromatic ring is 1. The van der Waals surface area contributed by atoms with Crippen LogP contribution in [-0.4, -0.2) is 95.7 Å². The fraction of sp³-hybridized carbons (Fsp3) is 0.500. The van der Waals surface area contributed by atoms with Crippen LogP contribution in [0.2, 0.25) is 0 Å². The number of nitrogens with one attached hydrogen (secondary N) is 3. The van der Waals surface area contributed by atoms with Crippen molar-refractivity contribution in [1.82, 2.24) is 20.4 Å². The van der Waals surface area contributed by atoms with Crippen LogP contribution in [0, 0.1) is 5.41 Å². The minimum Gasteiger partial charge on any atom is -0.480 e. The van der Waals surface area contributed by atoms with Gasteiger partial charge in [0.15, 0.2) is 0 Å². The second-order valence-corrected chi connectivity index (χ2v) is 8.67. The zero-order valence-corrected chi connectivity index (χ0v) is 20.7. The molecular weight excluding hydrogens is 482 g/mol. The first-order chi connectivity index (χ1) is 17.6. The summed E-state index contributed by atoms with van der Waals surface area (Å²) in [5, 5.41) is 21.8. The van der Waals surface area contributed by atoms with Crippen molar-refractivity contribution in [3.63, 3.8) is 0 Å². The van der Waals surface area contributed by atoms with Gasteiger partial charge in [0.2, 0.25) is 17.7 Å². The predicted octanol–water partition coefficient (Wildman–Crippen LogP) is -1.15. The minimum atomic E-state index is -1.15. The maximum absolute atomic E-state index is 13.0. The molecule has 1 aromatic rings. The van der Waals surface area contributed by atoms with Gasteiger partial charge in [0.1, 0.15) is 18.4 Å². The number of carboxylic acids is 1. The average molecular weight is 518 g/mol. The Hall–Kier alpha value is -4.00. The highest BCUT2D eigenvalue weighted by atomic mass is 16.4. The number of unbranched alkanes of at least 4 members (excludes halogenated alkanes) is 1. The molecule has 8 N–H and O–H groups in total. The molecule has 13 nitrogen and oxygen atoms in total. The average Bonchev–Trinajstić information content (AvgIpc) is 2.86. The maximum atomic E-state index is 13.0. The topological polar surface area (TPSA) is 212 Å². The molecule has 0 spiro atoms. The van der Waals surface area contributed by atoms with Gasteiger partial charge in [0, 0.05) is 37.2 Å². The van der Waals surface area contributed by atoms with E-state index < -0.39 is 36.3 Å². The third kappa shape index (κ3) is 9.18. The van der Waals surface area contributed by atoms with Crippen molar-refractivity contribution in [3.8, 4) is 0 Å². The molecule has 0 saturated carbocycles. The van der Waals surface area contributed by atoms with Gasteiger partial charge in [-0.2, -0.15) is 0 Å². The molecule has 0 unspecified atom stereocenters. The van der Waals surface area contributed by atoms with Gasteiger partial charge in [0.05, 0.1) is 6.54 Å². The number of carbonyl (C=O) groups excluding carboxylic acids is 4. The third-order valence-corrected chi connectivity index (χ3v) is 5.92. The van der Waals surface area contributed by atoms with Crippen LogP contribution in [0.5, 0.6) is 0 Å². The molecule has 0 aliphatic carbocycles. The van der Waals surface area contributed by atoms with E-state index in [9.17, 15) is 24.0 Å². The zero-order valence-electron chi connectivity index (χ0n) is 20.7. The number of amidine groups is 1. The molecule has 13 heteroatoms. The van der Waals surface area contributed by atoms with Gasteiger partial charge in [-0.1, -0.05) is 12.1 Å². The van der Waals surface area contributed by atoms with E-state index in [2.05, 4.69) is 10.6 Å². The molecule has 4 amide bonds. The van der Waals surface area contributed by atoms with E-state index in [1.165, 1.54) is 34.1 Å². The number of rotatable bonds is 14. The minimum absolute atomic E-state index is 0.0612. The molecule has 1 fully saturated rings. The fourth-order valence-electron chi connectivity index (χ4n) is 3.94. The number of aliphatic carboxylic acids is 1. The van der Waals surface area contributed by atoms with Crippen molar-refractivity contribution in [3.05, 3.63) is 35.4 Å². The Kier molecular flexibility index (Phi) is 11.5. The van der Waals surface area contributed by atoms with E-state index >= 15 is 0 Å². The third-order valence-electron chi connectivity index (χ3n) is 5.92. The molecule has 0 bridgehead atoms. The van der Waals surface area contributed by atoms with Gasteiger partial charge in [-0.15, -0.1) is 0 Å². The predicted molar refractivity (Wildman–Crippen MR) is 135 cm³/mol. The number of amides is 4. The zero-order chi connectivity index (χ0) is 27.4. The number of piperazine rings is 1. The van der Waals surface area contributed by atoms with E-state index in [-0.39, 0.29) is 43.4 Å². The quantitative estimate of drug-likeness (QED) is 0.100. The molecule has 202 valence electrons. The summed E-state index contributed by atoms with van der Waals surface area (Å²) in [6.45, 7) is 0.179. The number of hydrogen-bond acceptors (Lipinski definition) is 7. The molecular formula is C24H35N7O6. The van der Waals surface area contributed by atoms with E-state index in [0.29, 0.717) is 37.9 Å². The van der Waals surface area contributed by atoms with E-state index in [1.807, 2.05) is 0 Å². The summed E-state index contributed by atoms with van der Waals surface area (Å²) in [5.74, 6) is -2.88. The highest BCUT2D eigenvalue weighted by Crippen LogP contribution is 2.17. The smallest absolute Gasteiger partial charge is 0.323 e. The van der Waals surface area contributed by atoms with Gasteiger partial charge < -0.3 is 37.0 Å². The fourth-order valence-corrected chi connectivity index (χ4v) is 3.94. The van der Waals surface area contributed by atoms with Crippen LogP contribution in [0.15, 0.2) is 24.3 Å². The summed E-state index contributed by atoms with van der Waals surface area (Å²) < 4.78 is 0. The van der Waals surface area contributed by atoms with Crippen LogP contribution in [0.4, 0.5) is 0 Å². The van der Waals surface area contributed by atoms with Crippen molar-refractivity contribution in [2.45, 2.75) is 38.1 Å². The first-order valence-corrected chi connectivity index (χ1v) is 12.1. The second kappa shape index (κ2) is 14.5. The normalized spacial score (nSPS) is 15.3. The Morgan fingerprint density at radius 2 is 1.70 bits per heavy atom. The van der Waals surface area contributed by atoms with Crippen molar-refractivity contribution < 1.29 is 29.1 Å². The highest BCUT2D eigenvalue weighted by molar-refractivity contribution is 5.99. The largest absolute Gasteiger partial charge is 0.480 e. The van der Waals surface area contributed by atoms with Crippen molar-refractivity contribution in [1.29, 1.82) is 5.41 Å².